The number of fused-ring (bicyclic) bond motifs is 1. The third-order valence-corrected chi connectivity index (χ3v) is 8.29. The van der Waals surface area contributed by atoms with Gasteiger partial charge < -0.3 is 14.7 Å². The molecule has 8 heteroatoms. The summed E-state index contributed by atoms with van der Waals surface area (Å²) in [7, 11) is 0. The highest BCUT2D eigenvalue weighted by molar-refractivity contribution is 6.01. The largest absolute Gasteiger partial charge is 0.341 e. The smallest absolute Gasteiger partial charge is 0.180 e. The molecule has 0 spiro atoms. The van der Waals surface area contributed by atoms with Crippen LogP contribution in [0.15, 0.2) is 95.8 Å². The van der Waals surface area contributed by atoms with Crippen molar-refractivity contribution in [1.82, 2.24) is 30.4 Å². The standard InChI is InChI=1S/C33H36N8/c1-2-3-13-31-34-33-30(22-39(27-9-5-4-6-10-27)23-40(33)20-24-14-15-24)41(31)21-25-16-18-26(19-17-25)28-11-7-8-12-29(28)32-35-37-38-36-32/h4-12,16-19,22,24,31H,2-3,13-15,20-21,23H2,1H3,(H,35,36,37,38). The second-order valence-corrected chi connectivity index (χ2v) is 11.3. The van der Waals surface area contributed by atoms with Gasteiger partial charge in [-0.25, -0.2) is 10.1 Å². The Balaban J connectivity index is 1.19. The van der Waals surface area contributed by atoms with Gasteiger partial charge in [0.05, 0.1) is 12.4 Å². The minimum Gasteiger partial charge on any atom is -0.341 e. The van der Waals surface area contributed by atoms with Crippen LogP contribution < -0.4 is 4.90 Å². The molecule has 0 saturated heterocycles. The van der Waals surface area contributed by atoms with Crippen LogP contribution in [-0.2, 0) is 6.54 Å². The number of nitrogens with one attached hydrogen (secondary N) is 1. The van der Waals surface area contributed by atoms with Crippen LogP contribution in [0.5, 0.6) is 0 Å². The van der Waals surface area contributed by atoms with E-state index in [1.165, 1.54) is 48.5 Å². The molecule has 1 aliphatic carbocycles. The molecule has 41 heavy (non-hydrogen) atoms. The molecule has 3 aromatic carbocycles. The Morgan fingerprint density at radius 3 is 2.41 bits per heavy atom. The molecule has 2 aliphatic heterocycles. The normalized spacial score (nSPS) is 18.4. The summed E-state index contributed by atoms with van der Waals surface area (Å²) in [6.45, 7) is 5.02. The molecule has 208 valence electrons. The van der Waals surface area contributed by atoms with Crippen molar-refractivity contribution in [2.45, 2.75) is 51.7 Å². The molecular formula is C33H36N8. The lowest BCUT2D eigenvalue weighted by atomic mass is 9.98. The van der Waals surface area contributed by atoms with Gasteiger partial charge >= 0.3 is 0 Å². The maximum Gasteiger partial charge on any atom is 0.180 e. The highest BCUT2D eigenvalue weighted by Gasteiger charge is 2.39. The third-order valence-electron chi connectivity index (χ3n) is 8.29. The first-order valence-corrected chi connectivity index (χ1v) is 14.8. The zero-order chi connectivity index (χ0) is 27.6. The van der Waals surface area contributed by atoms with E-state index < -0.39 is 0 Å². The van der Waals surface area contributed by atoms with Gasteiger partial charge in [0.25, 0.3) is 0 Å². The summed E-state index contributed by atoms with van der Waals surface area (Å²) in [5, 5.41) is 14.6. The molecule has 0 radical (unpaired) electrons. The predicted octanol–water partition coefficient (Wildman–Crippen LogP) is 6.30. The number of unbranched alkanes of at least 4 members (excludes halogenated alkanes) is 1. The topological polar surface area (TPSA) is 76.5 Å². The van der Waals surface area contributed by atoms with E-state index in [1.54, 1.807) is 0 Å². The molecule has 3 aliphatic rings. The van der Waals surface area contributed by atoms with E-state index in [9.17, 15) is 0 Å². The number of anilines is 1. The van der Waals surface area contributed by atoms with Gasteiger partial charge in [0.1, 0.15) is 6.17 Å². The molecular weight excluding hydrogens is 508 g/mol. The number of rotatable bonds is 10. The van der Waals surface area contributed by atoms with Crippen LogP contribution in [0.2, 0.25) is 0 Å². The van der Waals surface area contributed by atoms with Crippen molar-refractivity contribution < 1.29 is 0 Å². The number of aromatic nitrogens is 4. The number of nitrogens with zero attached hydrogens (tertiary/aromatic N) is 7. The second-order valence-electron chi connectivity index (χ2n) is 11.3. The lowest BCUT2D eigenvalue weighted by molar-refractivity contribution is 0.260. The number of hydrogen-bond acceptors (Lipinski definition) is 7. The summed E-state index contributed by atoms with van der Waals surface area (Å²) in [6.07, 6.45) is 8.57. The molecule has 4 aromatic rings. The first-order valence-electron chi connectivity index (χ1n) is 14.8. The zero-order valence-corrected chi connectivity index (χ0v) is 23.5. The van der Waals surface area contributed by atoms with Crippen LogP contribution in [0.25, 0.3) is 22.5 Å². The molecule has 1 unspecified atom stereocenters. The Morgan fingerprint density at radius 1 is 0.902 bits per heavy atom. The summed E-state index contributed by atoms with van der Waals surface area (Å²) in [5.74, 6) is 2.64. The van der Waals surface area contributed by atoms with Crippen molar-refractivity contribution in [2.24, 2.45) is 10.9 Å². The van der Waals surface area contributed by atoms with E-state index in [4.69, 9.17) is 4.99 Å². The molecule has 1 aromatic heterocycles. The molecule has 1 saturated carbocycles. The quantitative estimate of drug-likeness (QED) is 0.253. The Morgan fingerprint density at radius 2 is 1.68 bits per heavy atom. The lowest BCUT2D eigenvalue weighted by Crippen LogP contribution is -2.46. The molecule has 1 fully saturated rings. The van der Waals surface area contributed by atoms with Gasteiger partial charge in [-0.2, -0.15) is 0 Å². The van der Waals surface area contributed by atoms with E-state index in [0.717, 1.165) is 48.8 Å². The van der Waals surface area contributed by atoms with Gasteiger partial charge in [0.2, 0.25) is 0 Å². The van der Waals surface area contributed by atoms with E-state index in [0.29, 0.717) is 5.82 Å². The maximum atomic E-state index is 5.37. The van der Waals surface area contributed by atoms with Gasteiger partial charge in [-0.1, -0.05) is 80.1 Å². The Bertz CT molecular complexity index is 1520. The van der Waals surface area contributed by atoms with Crippen molar-refractivity contribution >= 4 is 11.5 Å². The summed E-state index contributed by atoms with van der Waals surface area (Å²) >= 11 is 0. The van der Waals surface area contributed by atoms with Crippen molar-refractivity contribution in [2.75, 3.05) is 18.1 Å². The molecule has 0 amide bonds. The number of hydrogen-bond donors (Lipinski definition) is 1. The van der Waals surface area contributed by atoms with Gasteiger partial charge in [-0.05, 0) is 70.9 Å². The van der Waals surface area contributed by atoms with Crippen molar-refractivity contribution in [3.63, 3.8) is 0 Å². The first-order chi connectivity index (χ1) is 20.3. The number of benzene rings is 3. The number of H-pyrrole nitrogens is 1. The number of aromatic amines is 1. The molecule has 0 bridgehead atoms. The minimum atomic E-state index is 0.160. The van der Waals surface area contributed by atoms with Crippen LogP contribution in [-0.4, -0.2) is 55.6 Å². The average molecular weight is 545 g/mol. The van der Waals surface area contributed by atoms with Crippen molar-refractivity contribution in [3.8, 4) is 22.5 Å². The van der Waals surface area contributed by atoms with E-state index in [1.807, 2.05) is 12.1 Å². The maximum absolute atomic E-state index is 5.37. The predicted molar refractivity (Wildman–Crippen MR) is 163 cm³/mol. The van der Waals surface area contributed by atoms with Gasteiger partial charge in [-0.3, -0.25) is 0 Å². The molecule has 1 N–H and O–H groups in total. The number of amidine groups is 1. The SMILES string of the molecule is CCCCC1N=C2C(=CN(c3ccccc3)CN2CC2CC2)N1Cc1ccc(-c2ccccc2-c2nnn[nH]2)cc1. The zero-order valence-electron chi connectivity index (χ0n) is 23.5. The van der Waals surface area contributed by atoms with Crippen molar-refractivity contribution in [1.29, 1.82) is 0 Å². The summed E-state index contributed by atoms with van der Waals surface area (Å²) in [6, 6.07) is 27.9. The highest BCUT2D eigenvalue weighted by atomic mass is 15.5. The molecule has 3 heterocycles. The lowest BCUT2D eigenvalue weighted by Gasteiger charge is -2.38. The highest BCUT2D eigenvalue weighted by Crippen LogP contribution is 2.37. The van der Waals surface area contributed by atoms with Crippen LogP contribution in [0.1, 0.15) is 44.6 Å². The van der Waals surface area contributed by atoms with Crippen LogP contribution in [0.4, 0.5) is 5.69 Å². The fourth-order valence-corrected chi connectivity index (χ4v) is 5.91. The second kappa shape index (κ2) is 11.2. The van der Waals surface area contributed by atoms with Gasteiger partial charge in [-0.15, -0.1) is 5.10 Å². The summed E-state index contributed by atoms with van der Waals surface area (Å²) in [4.78, 5) is 12.8. The van der Waals surface area contributed by atoms with E-state index >= 15 is 0 Å². The Kier molecular flexibility index (Phi) is 6.96. The van der Waals surface area contributed by atoms with E-state index in [-0.39, 0.29) is 6.17 Å². The van der Waals surface area contributed by atoms with Gasteiger partial charge in [0, 0.05) is 30.5 Å². The summed E-state index contributed by atoms with van der Waals surface area (Å²) in [5.41, 5.74) is 6.98. The fraction of sp³-hybridized carbons (Fsp3) is 0.333. The monoisotopic (exact) mass is 544 g/mol. The Labute approximate surface area is 241 Å². The molecule has 7 rings (SSSR count). The number of aliphatic imine (C=N–C) groups is 1. The van der Waals surface area contributed by atoms with Crippen LogP contribution in [0, 0.1) is 5.92 Å². The van der Waals surface area contributed by atoms with Crippen molar-refractivity contribution in [3.05, 3.63) is 96.3 Å². The fourth-order valence-electron chi connectivity index (χ4n) is 5.91. The van der Waals surface area contributed by atoms with Gasteiger partial charge in [0.15, 0.2) is 11.7 Å². The first kappa shape index (κ1) is 25.5. The van der Waals surface area contributed by atoms with Crippen LogP contribution >= 0.6 is 0 Å². The average Bonchev–Trinajstić information content (AvgIpc) is 3.53. The molecule has 8 nitrogen and oxygen atoms in total. The number of tetrazole rings is 1. The van der Waals surface area contributed by atoms with Crippen LogP contribution in [0.3, 0.4) is 0 Å². The molecule has 1 atom stereocenters. The number of para-hydroxylation sites is 1. The minimum absolute atomic E-state index is 0.160. The Hall–Kier alpha value is -4.46. The summed E-state index contributed by atoms with van der Waals surface area (Å²) < 4.78 is 0. The third kappa shape index (κ3) is 5.34. The van der Waals surface area contributed by atoms with E-state index in [2.05, 4.69) is 115 Å².